The lowest BCUT2D eigenvalue weighted by Crippen LogP contribution is -2.39. The van der Waals surface area contributed by atoms with Crippen LogP contribution in [0, 0.1) is 0 Å². The maximum absolute atomic E-state index is 12.2. The summed E-state index contributed by atoms with van der Waals surface area (Å²) in [5.41, 5.74) is 1.05. The Balaban J connectivity index is 3.64. The van der Waals surface area contributed by atoms with Crippen LogP contribution in [0.3, 0.4) is 0 Å². The van der Waals surface area contributed by atoms with E-state index in [2.05, 4.69) is 22.5 Å². The van der Waals surface area contributed by atoms with Crippen molar-refractivity contribution in [1.82, 2.24) is 21.3 Å². The predicted molar refractivity (Wildman–Crippen MR) is 115 cm³/mol. The minimum Gasteiger partial charge on any atom is -0.480 e. The number of rotatable bonds is 19. The fourth-order valence-electron chi connectivity index (χ4n) is 2.63. The van der Waals surface area contributed by atoms with Crippen molar-refractivity contribution in [2.75, 3.05) is 46.6 Å². The van der Waals surface area contributed by atoms with E-state index in [4.69, 9.17) is 14.6 Å². The van der Waals surface area contributed by atoms with Crippen molar-refractivity contribution in [1.29, 1.82) is 0 Å². The molecule has 0 rings (SSSR count). The lowest BCUT2D eigenvalue weighted by atomic mass is 10.1. The molecule has 0 heterocycles. The smallest absolute Gasteiger partial charge is 0.398 e. The molecule has 0 aromatic rings. The lowest BCUT2D eigenvalue weighted by Gasteiger charge is -2.16. The minimum atomic E-state index is -1.97. The number of ether oxygens (including phenoxy) is 2. The van der Waals surface area contributed by atoms with E-state index >= 15 is 0 Å². The molecule has 32 heavy (non-hydrogen) atoms. The van der Waals surface area contributed by atoms with Gasteiger partial charge < -0.3 is 35.8 Å². The van der Waals surface area contributed by atoms with Gasteiger partial charge in [-0.25, -0.2) is 9.59 Å². The molecule has 0 aliphatic heterocycles. The van der Waals surface area contributed by atoms with Crippen molar-refractivity contribution in [3.8, 4) is 0 Å². The monoisotopic (exact) mass is 462 g/mol. The van der Waals surface area contributed by atoms with E-state index in [0.717, 1.165) is 18.4 Å². The van der Waals surface area contributed by atoms with Gasteiger partial charge in [0.1, 0.15) is 12.6 Å². The third-order valence-corrected chi connectivity index (χ3v) is 4.35. The van der Waals surface area contributed by atoms with Gasteiger partial charge in [-0.2, -0.15) is 0 Å². The molecular formula is C20H35FN4O7. The molecule has 0 bridgehead atoms. The molecule has 0 fully saturated rings. The Labute approximate surface area is 187 Å². The summed E-state index contributed by atoms with van der Waals surface area (Å²) in [5, 5.41) is 18.9. The van der Waals surface area contributed by atoms with Crippen LogP contribution in [0.4, 0.5) is 9.18 Å². The van der Waals surface area contributed by atoms with Gasteiger partial charge in [-0.05, 0) is 33.2 Å². The molecule has 0 unspecified atom stereocenters. The zero-order valence-electron chi connectivity index (χ0n) is 18.7. The highest BCUT2D eigenvalue weighted by Gasteiger charge is 2.20. The first-order valence-corrected chi connectivity index (χ1v) is 10.4. The quantitative estimate of drug-likeness (QED) is 0.0784. The molecule has 0 saturated carbocycles. The molecular weight excluding hydrogens is 427 g/mol. The Hall–Kier alpha value is -2.57. The summed E-state index contributed by atoms with van der Waals surface area (Å²) in [5.74, 6) is -2.09. The molecule has 0 aliphatic rings. The topological polar surface area (TPSA) is 155 Å². The van der Waals surface area contributed by atoms with Crippen LogP contribution in [0.2, 0.25) is 0 Å². The Kier molecular flexibility index (Phi) is 16.6. The first-order valence-electron chi connectivity index (χ1n) is 10.4. The molecule has 0 spiro atoms. The van der Waals surface area contributed by atoms with Gasteiger partial charge in [0.2, 0.25) is 11.8 Å². The molecule has 184 valence electrons. The van der Waals surface area contributed by atoms with Crippen LogP contribution in [0.15, 0.2) is 12.2 Å². The van der Waals surface area contributed by atoms with Crippen LogP contribution >= 0.6 is 0 Å². The van der Waals surface area contributed by atoms with Gasteiger partial charge in [0, 0.05) is 25.6 Å². The average molecular weight is 463 g/mol. The SMILES string of the molecule is C=C(C)[C@H](CCCNC(=O)COCCOCCNC(=O)CC[C@@H](NC(=O)F)C(=O)O)NC. The van der Waals surface area contributed by atoms with E-state index in [9.17, 15) is 23.6 Å². The summed E-state index contributed by atoms with van der Waals surface area (Å²) in [6.07, 6.45) is -0.700. The van der Waals surface area contributed by atoms with Crippen LogP contribution in [-0.4, -0.2) is 87.7 Å². The van der Waals surface area contributed by atoms with Crippen molar-refractivity contribution in [2.45, 2.75) is 44.7 Å². The van der Waals surface area contributed by atoms with Crippen molar-refractivity contribution >= 4 is 23.9 Å². The molecule has 0 aromatic carbocycles. The molecule has 0 saturated heterocycles. The Morgan fingerprint density at radius 3 is 2.22 bits per heavy atom. The number of carboxylic acids is 1. The van der Waals surface area contributed by atoms with Gasteiger partial charge in [0.15, 0.2) is 0 Å². The second-order valence-corrected chi connectivity index (χ2v) is 7.04. The normalized spacial score (nSPS) is 12.5. The van der Waals surface area contributed by atoms with Crippen molar-refractivity contribution < 1.29 is 38.1 Å². The Morgan fingerprint density at radius 2 is 1.62 bits per heavy atom. The van der Waals surface area contributed by atoms with E-state index < -0.39 is 24.1 Å². The number of nitrogens with one attached hydrogen (secondary N) is 4. The van der Waals surface area contributed by atoms with Crippen LogP contribution in [0.5, 0.6) is 0 Å². The van der Waals surface area contributed by atoms with Gasteiger partial charge in [-0.3, -0.25) is 9.59 Å². The van der Waals surface area contributed by atoms with E-state index in [1.807, 2.05) is 14.0 Å². The third kappa shape index (κ3) is 16.2. The number of carboxylic acid groups (broad SMARTS) is 1. The number of carbonyl (C=O) groups is 4. The fraction of sp³-hybridized carbons (Fsp3) is 0.700. The van der Waals surface area contributed by atoms with Crippen LogP contribution < -0.4 is 21.3 Å². The second-order valence-electron chi connectivity index (χ2n) is 7.04. The fourth-order valence-corrected chi connectivity index (χ4v) is 2.63. The molecule has 0 aromatic heterocycles. The van der Waals surface area contributed by atoms with Gasteiger partial charge in [-0.1, -0.05) is 12.2 Å². The number of hydrogen-bond donors (Lipinski definition) is 5. The summed E-state index contributed by atoms with van der Waals surface area (Å²) in [7, 11) is 1.87. The minimum absolute atomic E-state index is 0.0732. The highest BCUT2D eigenvalue weighted by atomic mass is 19.1. The van der Waals surface area contributed by atoms with Gasteiger partial charge in [0.05, 0.1) is 19.8 Å². The van der Waals surface area contributed by atoms with E-state index in [1.54, 1.807) is 5.32 Å². The van der Waals surface area contributed by atoms with Crippen LogP contribution in [-0.2, 0) is 23.9 Å². The van der Waals surface area contributed by atoms with Crippen molar-refractivity contribution in [2.24, 2.45) is 0 Å². The number of hydrogen-bond acceptors (Lipinski definition) is 7. The lowest BCUT2D eigenvalue weighted by molar-refractivity contribution is -0.139. The van der Waals surface area contributed by atoms with Crippen LogP contribution in [0.25, 0.3) is 0 Å². The molecule has 12 heteroatoms. The molecule has 2 atom stereocenters. The molecule has 5 N–H and O–H groups in total. The Bertz CT molecular complexity index is 619. The summed E-state index contributed by atoms with van der Waals surface area (Å²) < 4.78 is 22.7. The largest absolute Gasteiger partial charge is 0.480 e. The number of amides is 3. The van der Waals surface area contributed by atoms with Gasteiger partial charge in [0.25, 0.3) is 0 Å². The first-order chi connectivity index (χ1) is 15.2. The van der Waals surface area contributed by atoms with E-state index in [0.29, 0.717) is 6.54 Å². The summed E-state index contributed by atoms with van der Waals surface area (Å²) in [6, 6.07) is -1.23. The second kappa shape index (κ2) is 18.0. The maximum Gasteiger partial charge on any atom is 0.398 e. The zero-order valence-corrected chi connectivity index (χ0v) is 18.7. The van der Waals surface area contributed by atoms with Gasteiger partial charge in [-0.15, -0.1) is 4.39 Å². The highest BCUT2D eigenvalue weighted by Crippen LogP contribution is 2.04. The average Bonchev–Trinajstić information content (AvgIpc) is 2.72. The summed E-state index contributed by atoms with van der Waals surface area (Å²) in [4.78, 5) is 44.4. The van der Waals surface area contributed by atoms with E-state index in [1.165, 1.54) is 0 Å². The first kappa shape index (κ1) is 29.4. The zero-order chi connectivity index (χ0) is 24.4. The molecule has 11 nitrogen and oxygen atoms in total. The van der Waals surface area contributed by atoms with Gasteiger partial charge >= 0.3 is 12.1 Å². The van der Waals surface area contributed by atoms with Crippen LogP contribution in [0.1, 0.15) is 32.6 Å². The van der Waals surface area contributed by atoms with Crippen molar-refractivity contribution in [3.63, 3.8) is 0 Å². The van der Waals surface area contributed by atoms with Crippen molar-refractivity contribution in [3.05, 3.63) is 12.2 Å². The number of carbonyl (C=O) groups excluding carboxylic acids is 3. The number of halogens is 1. The Morgan fingerprint density at radius 1 is 0.969 bits per heavy atom. The number of aliphatic carboxylic acids is 1. The van der Waals surface area contributed by atoms with E-state index in [-0.39, 0.29) is 57.8 Å². The molecule has 3 amide bonds. The summed E-state index contributed by atoms with van der Waals surface area (Å²) in [6.45, 7) is 7.17. The predicted octanol–water partition coefficient (Wildman–Crippen LogP) is 0.109. The standard InChI is InChI=1S/C20H35FN4O7/c1-14(2)15(22-3)5-4-8-23-18(27)13-32-12-11-31-10-9-24-17(26)7-6-16(19(28)29)25-20(21)30/h15-16,22H,1,4-13H2,2-3H3,(H,23,27)(H,24,26)(H,25,30)(H,28,29)/t15-,16+/m0/s1. The molecule has 0 aliphatic carbocycles. The third-order valence-electron chi connectivity index (χ3n) is 4.35. The highest BCUT2D eigenvalue weighted by molar-refractivity contribution is 5.81. The maximum atomic E-state index is 12.2. The molecule has 0 radical (unpaired) electrons. The summed E-state index contributed by atoms with van der Waals surface area (Å²) >= 11 is 0. The number of likely N-dealkylation sites (N-methyl/N-ethyl adjacent to an activating group) is 1.